The number of Topliss-reactive ketones (excluding diaryl/α,β-unsaturated/α-hetero) is 2. The van der Waals surface area contributed by atoms with E-state index in [2.05, 4.69) is 5.16 Å². The standard InChI is InChI=1S/C37H52N2O10Si/c1-11-13-15-46-30-22(35(43)44)19-24(45-8)21-17-20-18-23-28(39(6)7)31-27(34(38-48-31)47-16-14-12-2)33(42)37(23,49-50(9,10)36(3,4)5)32(41)25(20)29(40)26(21)30/h19-20,23,28,41H,11-18H2,1-10H3,(H,43,44)/t20-,23-,28-,37-/m0/s1. The van der Waals surface area contributed by atoms with Gasteiger partial charge in [-0.25, -0.2) is 4.79 Å². The highest BCUT2D eigenvalue weighted by Gasteiger charge is 2.67. The Morgan fingerprint density at radius 3 is 2.30 bits per heavy atom. The molecule has 1 aromatic carbocycles. The second-order valence-corrected chi connectivity index (χ2v) is 20.1. The molecule has 4 atom stereocenters. The third kappa shape index (κ3) is 5.94. The highest BCUT2D eigenvalue weighted by molar-refractivity contribution is 6.74. The van der Waals surface area contributed by atoms with Gasteiger partial charge in [0.15, 0.2) is 25.5 Å². The molecule has 0 unspecified atom stereocenters. The fourth-order valence-corrected chi connectivity index (χ4v) is 8.83. The number of nitrogens with zero attached hydrogens (tertiary/aromatic N) is 2. The molecular formula is C37H52N2O10Si. The molecule has 2 aromatic rings. The largest absolute Gasteiger partial charge is 0.508 e. The van der Waals surface area contributed by atoms with E-state index in [0.717, 1.165) is 19.3 Å². The van der Waals surface area contributed by atoms with Crippen molar-refractivity contribution in [3.05, 3.63) is 45.4 Å². The van der Waals surface area contributed by atoms with Gasteiger partial charge in [0.25, 0.3) is 5.88 Å². The molecule has 0 saturated carbocycles. The molecule has 12 nitrogen and oxygen atoms in total. The van der Waals surface area contributed by atoms with E-state index in [4.69, 9.17) is 23.2 Å². The van der Waals surface area contributed by atoms with Crippen LogP contribution in [0.1, 0.15) is 115 Å². The summed E-state index contributed by atoms with van der Waals surface area (Å²) >= 11 is 0. The molecule has 3 aliphatic carbocycles. The van der Waals surface area contributed by atoms with Crippen molar-refractivity contribution in [2.75, 3.05) is 34.4 Å². The topological polar surface area (TPSA) is 158 Å². The van der Waals surface area contributed by atoms with Gasteiger partial charge in [-0.3, -0.25) is 14.5 Å². The number of aromatic nitrogens is 1. The number of aromatic carboxylic acids is 1. The van der Waals surface area contributed by atoms with E-state index in [1.54, 1.807) is 0 Å². The molecule has 50 heavy (non-hydrogen) atoms. The summed E-state index contributed by atoms with van der Waals surface area (Å²) in [5.41, 5.74) is -1.54. The summed E-state index contributed by atoms with van der Waals surface area (Å²) in [6.45, 7) is 14.7. The third-order valence-corrected chi connectivity index (χ3v) is 15.4. The maximum atomic E-state index is 15.3. The van der Waals surface area contributed by atoms with E-state index in [1.165, 1.54) is 13.2 Å². The summed E-state index contributed by atoms with van der Waals surface area (Å²) in [5.74, 6) is -3.60. The van der Waals surface area contributed by atoms with Gasteiger partial charge in [-0.2, -0.15) is 0 Å². The molecule has 1 heterocycles. The average Bonchev–Trinajstić information content (AvgIpc) is 3.44. The van der Waals surface area contributed by atoms with E-state index >= 15 is 4.79 Å². The van der Waals surface area contributed by atoms with Gasteiger partial charge in [0.2, 0.25) is 5.78 Å². The van der Waals surface area contributed by atoms with Crippen LogP contribution in [0.5, 0.6) is 17.4 Å². The minimum atomic E-state index is -2.89. The molecule has 0 radical (unpaired) electrons. The molecule has 0 amide bonds. The second kappa shape index (κ2) is 13.8. The highest BCUT2D eigenvalue weighted by Crippen LogP contribution is 2.60. The molecule has 0 aliphatic heterocycles. The summed E-state index contributed by atoms with van der Waals surface area (Å²) in [6, 6.07) is 0.818. The van der Waals surface area contributed by atoms with Gasteiger partial charge < -0.3 is 33.4 Å². The Labute approximate surface area is 295 Å². The third-order valence-electron chi connectivity index (χ3n) is 11.0. The van der Waals surface area contributed by atoms with Gasteiger partial charge in [0.05, 0.1) is 31.9 Å². The lowest BCUT2D eigenvalue weighted by Gasteiger charge is -2.55. The number of methoxy groups -OCH3 is 1. The van der Waals surface area contributed by atoms with Crippen LogP contribution in [0.2, 0.25) is 18.1 Å². The molecule has 2 N–H and O–H groups in total. The molecule has 1 aromatic heterocycles. The van der Waals surface area contributed by atoms with Gasteiger partial charge in [-0.05, 0) is 75.1 Å². The number of fused-ring (bicyclic) bond motifs is 4. The first-order valence-electron chi connectivity index (χ1n) is 17.6. The number of ether oxygens (including phenoxy) is 3. The second-order valence-electron chi connectivity index (χ2n) is 15.4. The van der Waals surface area contributed by atoms with Crippen molar-refractivity contribution in [3.8, 4) is 17.4 Å². The zero-order valence-electron chi connectivity index (χ0n) is 31.0. The predicted octanol–water partition coefficient (Wildman–Crippen LogP) is 7.19. The lowest BCUT2D eigenvalue weighted by atomic mass is 9.58. The zero-order valence-corrected chi connectivity index (χ0v) is 32.0. The Hall–Kier alpha value is -3.68. The first kappa shape index (κ1) is 37.6. The van der Waals surface area contributed by atoms with Crippen LogP contribution in [0.4, 0.5) is 0 Å². The minimum absolute atomic E-state index is 0.0246. The van der Waals surface area contributed by atoms with Crippen molar-refractivity contribution in [2.45, 2.75) is 103 Å². The summed E-state index contributed by atoms with van der Waals surface area (Å²) in [7, 11) is 2.28. The van der Waals surface area contributed by atoms with Crippen LogP contribution in [0.25, 0.3) is 0 Å². The van der Waals surface area contributed by atoms with Crippen molar-refractivity contribution in [1.29, 1.82) is 0 Å². The normalized spacial score (nSPS) is 23.3. The molecule has 0 fully saturated rings. The van der Waals surface area contributed by atoms with Crippen LogP contribution in [0.15, 0.2) is 21.9 Å². The van der Waals surface area contributed by atoms with Gasteiger partial charge in [-0.15, -0.1) is 0 Å². The maximum Gasteiger partial charge on any atom is 0.339 e. The quantitative estimate of drug-likeness (QED) is 0.159. The van der Waals surface area contributed by atoms with Gasteiger partial charge >= 0.3 is 5.97 Å². The lowest BCUT2D eigenvalue weighted by molar-refractivity contribution is -0.0480. The first-order valence-corrected chi connectivity index (χ1v) is 20.5. The van der Waals surface area contributed by atoms with Gasteiger partial charge in [0, 0.05) is 17.1 Å². The SMILES string of the molecule is CCCCOc1noc2c1C(=O)[C@@]1(O[Si](C)(C)C(C)(C)C)C(O)=C3C(=O)c4c(c(OC)cc(C(=O)O)c4OCCCC)C[C@H]3C[C@H]1[C@@H]2N(C)C. The number of hydrogen-bond donors (Lipinski definition) is 2. The number of benzene rings is 1. The number of ketones is 2. The molecule has 274 valence electrons. The number of aliphatic hydroxyl groups is 1. The first-order chi connectivity index (χ1) is 23.5. The van der Waals surface area contributed by atoms with Crippen LogP contribution < -0.4 is 14.2 Å². The lowest BCUT2D eigenvalue weighted by Crippen LogP contribution is -2.65. The Bertz CT molecular complexity index is 1700. The number of unbranched alkanes of at least 4 members (excludes halogenated alkanes) is 2. The number of carbonyl (C=O) groups is 3. The molecule has 0 spiro atoms. The number of carboxylic acids is 1. The Morgan fingerprint density at radius 1 is 1.10 bits per heavy atom. The number of hydrogen-bond acceptors (Lipinski definition) is 11. The monoisotopic (exact) mass is 712 g/mol. The van der Waals surface area contributed by atoms with Crippen LogP contribution >= 0.6 is 0 Å². The van der Waals surface area contributed by atoms with E-state index in [9.17, 15) is 19.8 Å². The fourth-order valence-electron chi connectivity index (χ4n) is 7.38. The van der Waals surface area contributed by atoms with E-state index in [-0.39, 0.29) is 64.1 Å². The molecule has 13 heteroatoms. The Morgan fingerprint density at radius 2 is 1.74 bits per heavy atom. The zero-order chi connectivity index (χ0) is 36.9. The molecule has 0 bridgehead atoms. The van der Waals surface area contributed by atoms with Crippen molar-refractivity contribution in [1.82, 2.24) is 10.1 Å². The van der Waals surface area contributed by atoms with Crippen LogP contribution in [0, 0.1) is 11.8 Å². The van der Waals surface area contributed by atoms with E-state index in [1.807, 2.05) is 66.7 Å². The summed E-state index contributed by atoms with van der Waals surface area (Å²) < 4.78 is 30.8. The van der Waals surface area contributed by atoms with Crippen LogP contribution in [-0.2, 0) is 10.8 Å². The van der Waals surface area contributed by atoms with E-state index < -0.39 is 55.1 Å². The molecule has 5 rings (SSSR count). The number of carbonyl (C=O) groups excluding carboxylic acids is 2. The Balaban J connectivity index is 1.82. The summed E-state index contributed by atoms with van der Waals surface area (Å²) in [6.07, 6.45) is 3.54. The number of aliphatic hydroxyl groups excluding tert-OH is 1. The smallest absolute Gasteiger partial charge is 0.339 e. The predicted molar refractivity (Wildman–Crippen MR) is 188 cm³/mol. The van der Waals surface area contributed by atoms with Crippen molar-refractivity contribution in [3.63, 3.8) is 0 Å². The molecule has 3 aliphatic rings. The van der Waals surface area contributed by atoms with Gasteiger partial charge in [0.1, 0.15) is 28.4 Å². The van der Waals surface area contributed by atoms with Crippen molar-refractivity contribution in [2.24, 2.45) is 11.8 Å². The molecular weight excluding hydrogens is 660 g/mol. The van der Waals surface area contributed by atoms with E-state index in [0.29, 0.717) is 24.4 Å². The molecule has 0 saturated heterocycles. The van der Waals surface area contributed by atoms with Crippen LogP contribution in [-0.4, -0.2) is 86.1 Å². The summed E-state index contributed by atoms with van der Waals surface area (Å²) in [4.78, 5) is 44.6. The average molecular weight is 713 g/mol. The number of carboxylic acid groups (broad SMARTS) is 1. The van der Waals surface area contributed by atoms with Gasteiger partial charge in [-0.1, -0.05) is 47.5 Å². The van der Waals surface area contributed by atoms with Crippen molar-refractivity contribution >= 4 is 25.9 Å². The van der Waals surface area contributed by atoms with Crippen molar-refractivity contribution < 1.29 is 47.8 Å². The maximum absolute atomic E-state index is 15.3. The Kier molecular flexibility index (Phi) is 10.4. The number of rotatable bonds is 13. The van der Waals surface area contributed by atoms with Crippen LogP contribution in [0.3, 0.4) is 0 Å². The minimum Gasteiger partial charge on any atom is -0.508 e. The number of allylic oxidation sites excluding steroid dienone is 1. The highest BCUT2D eigenvalue weighted by atomic mass is 28.4. The summed E-state index contributed by atoms with van der Waals surface area (Å²) in [5, 5.41) is 26.8. The fraction of sp³-hybridized carbons (Fsp3) is 0.622.